The van der Waals surface area contributed by atoms with Crippen molar-refractivity contribution in [2.45, 2.75) is 18.9 Å². The fourth-order valence-corrected chi connectivity index (χ4v) is 1.99. The van der Waals surface area contributed by atoms with Crippen LogP contribution in [0.25, 0.3) is 5.69 Å². The minimum atomic E-state index is -0.793. The van der Waals surface area contributed by atoms with Gasteiger partial charge in [0, 0.05) is 6.04 Å². The molecular formula is C12H11FN4O2. The molecule has 0 saturated heterocycles. The van der Waals surface area contributed by atoms with Crippen molar-refractivity contribution in [3.63, 3.8) is 0 Å². The monoisotopic (exact) mass is 262 g/mol. The minimum Gasteiger partial charge on any atom is -0.363 e. The molecule has 0 unspecified atom stereocenters. The van der Waals surface area contributed by atoms with Crippen molar-refractivity contribution in [1.29, 1.82) is 0 Å². The fraction of sp³-hybridized carbons (Fsp3) is 0.250. The third kappa shape index (κ3) is 1.83. The van der Waals surface area contributed by atoms with Gasteiger partial charge < -0.3 is 5.73 Å². The maximum Gasteiger partial charge on any atom is 0.351 e. The fourth-order valence-electron chi connectivity index (χ4n) is 1.99. The van der Waals surface area contributed by atoms with Crippen molar-refractivity contribution in [2.24, 2.45) is 5.73 Å². The van der Waals surface area contributed by atoms with Gasteiger partial charge in [0.1, 0.15) is 11.5 Å². The van der Waals surface area contributed by atoms with Crippen LogP contribution in [0.4, 0.5) is 4.39 Å². The van der Waals surface area contributed by atoms with Crippen LogP contribution in [-0.4, -0.2) is 20.3 Å². The van der Waals surface area contributed by atoms with E-state index >= 15 is 0 Å². The van der Waals surface area contributed by atoms with Gasteiger partial charge in [0.15, 0.2) is 0 Å². The first-order valence-corrected chi connectivity index (χ1v) is 5.86. The van der Waals surface area contributed by atoms with Crippen molar-refractivity contribution < 1.29 is 9.18 Å². The predicted molar refractivity (Wildman–Crippen MR) is 64.6 cm³/mol. The second-order valence-electron chi connectivity index (χ2n) is 4.43. The van der Waals surface area contributed by atoms with Gasteiger partial charge in [-0.3, -0.25) is 9.36 Å². The summed E-state index contributed by atoms with van der Waals surface area (Å²) in [6, 6.07) is 5.69. The first-order valence-electron chi connectivity index (χ1n) is 5.86. The first-order chi connectivity index (χ1) is 9.09. The molecule has 1 aromatic heterocycles. The van der Waals surface area contributed by atoms with Crippen LogP contribution in [0.3, 0.4) is 0 Å². The Hall–Kier alpha value is -2.44. The van der Waals surface area contributed by atoms with Gasteiger partial charge in [0.25, 0.3) is 5.91 Å². The summed E-state index contributed by atoms with van der Waals surface area (Å²) >= 11 is 0. The van der Waals surface area contributed by atoms with E-state index in [-0.39, 0.29) is 17.6 Å². The zero-order valence-corrected chi connectivity index (χ0v) is 9.91. The molecule has 19 heavy (non-hydrogen) atoms. The topological polar surface area (TPSA) is 82.9 Å². The molecule has 1 saturated carbocycles. The Morgan fingerprint density at radius 1 is 1.37 bits per heavy atom. The zero-order chi connectivity index (χ0) is 13.6. The number of carbonyl (C=O) groups is 1. The van der Waals surface area contributed by atoms with Gasteiger partial charge in [-0.05, 0) is 25.0 Å². The maximum absolute atomic E-state index is 13.7. The molecule has 1 amide bonds. The van der Waals surface area contributed by atoms with Crippen LogP contribution in [0.2, 0.25) is 0 Å². The number of carbonyl (C=O) groups excluding carboxylic acids is 1. The van der Waals surface area contributed by atoms with Crippen molar-refractivity contribution in [1.82, 2.24) is 14.3 Å². The third-order valence-corrected chi connectivity index (χ3v) is 3.02. The van der Waals surface area contributed by atoms with Gasteiger partial charge >= 0.3 is 5.69 Å². The molecule has 0 spiro atoms. The van der Waals surface area contributed by atoms with E-state index in [9.17, 15) is 14.0 Å². The number of para-hydroxylation sites is 1. The van der Waals surface area contributed by atoms with Crippen molar-refractivity contribution in [3.8, 4) is 5.69 Å². The highest BCUT2D eigenvalue weighted by molar-refractivity contribution is 5.89. The summed E-state index contributed by atoms with van der Waals surface area (Å²) < 4.78 is 15.8. The molecule has 7 heteroatoms. The molecule has 0 aliphatic heterocycles. The summed E-state index contributed by atoms with van der Waals surface area (Å²) in [5.74, 6) is -1.50. The van der Waals surface area contributed by atoms with E-state index in [4.69, 9.17) is 5.73 Å². The summed E-state index contributed by atoms with van der Waals surface area (Å²) in [5.41, 5.74) is 4.68. The van der Waals surface area contributed by atoms with Crippen LogP contribution in [0, 0.1) is 5.82 Å². The SMILES string of the molecule is NC(=O)c1nn(-c2ccccc2F)c(=O)n1C1CC1. The standard InChI is InChI=1S/C12H11FN4O2/c13-8-3-1-2-4-9(8)17-12(19)16(7-5-6-7)11(15-17)10(14)18/h1-4,7H,5-6H2,(H2,14,18). The lowest BCUT2D eigenvalue weighted by molar-refractivity contribution is 0.0985. The number of hydrogen-bond donors (Lipinski definition) is 1. The lowest BCUT2D eigenvalue weighted by Gasteiger charge is -2.00. The van der Waals surface area contributed by atoms with Crippen LogP contribution in [0.5, 0.6) is 0 Å². The smallest absolute Gasteiger partial charge is 0.351 e. The second kappa shape index (κ2) is 4.04. The Morgan fingerprint density at radius 3 is 2.63 bits per heavy atom. The molecule has 1 fully saturated rings. The van der Waals surface area contributed by atoms with E-state index in [2.05, 4.69) is 5.10 Å². The summed E-state index contributed by atoms with van der Waals surface area (Å²) in [4.78, 5) is 23.5. The average molecular weight is 262 g/mol. The molecule has 1 aromatic carbocycles. The lowest BCUT2D eigenvalue weighted by atomic mass is 10.3. The molecule has 2 N–H and O–H groups in total. The highest BCUT2D eigenvalue weighted by Gasteiger charge is 2.32. The van der Waals surface area contributed by atoms with E-state index in [0.717, 1.165) is 17.5 Å². The van der Waals surface area contributed by atoms with Crippen LogP contribution in [0.15, 0.2) is 29.1 Å². The number of halogens is 1. The summed E-state index contributed by atoms with van der Waals surface area (Å²) in [6.07, 6.45) is 1.59. The molecule has 0 bridgehead atoms. The quantitative estimate of drug-likeness (QED) is 0.879. The number of primary amides is 1. The van der Waals surface area contributed by atoms with Gasteiger partial charge in [-0.2, -0.15) is 4.68 Å². The maximum atomic E-state index is 13.7. The summed E-state index contributed by atoms with van der Waals surface area (Å²) in [6.45, 7) is 0. The number of aromatic nitrogens is 3. The first kappa shape index (κ1) is 11.6. The molecule has 2 aromatic rings. The highest BCUT2D eigenvalue weighted by atomic mass is 19.1. The molecular weight excluding hydrogens is 251 g/mol. The molecule has 6 nitrogen and oxygen atoms in total. The number of nitrogens with zero attached hydrogens (tertiary/aromatic N) is 3. The highest BCUT2D eigenvalue weighted by Crippen LogP contribution is 2.34. The van der Waals surface area contributed by atoms with E-state index in [0.29, 0.717) is 0 Å². The van der Waals surface area contributed by atoms with Gasteiger partial charge in [0.05, 0.1) is 0 Å². The largest absolute Gasteiger partial charge is 0.363 e. The Balaban J connectivity index is 2.24. The summed E-state index contributed by atoms with van der Waals surface area (Å²) in [7, 11) is 0. The molecule has 98 valence electrons. The predicted octanol–water partition coefficient (Wildman–Crippen LogP) is 0.607. The molecule has 0 radical (unpaired) electrons. The number of benzene rings is 1. The van der Waals surface area contributed by atoms with Gasteiger partial charge in [0.2, 0.25) is 5.82 Å². The Labute approximate surface area is 107 Å². The van der Waals surface area contributed by atoms with Crippen molar-refractivity contribution in [2.75, 3.05) is 0 Å². The molecule has 3 rings (SSSR count). The molecule has 0 atom stereocenters. The van der Waals surface area contributed by atoms with Gasteiger partial charge in [-0.25, -0.2) is 9.18 Å². The number of rotatable bonds is 3. The molecule has 1 aliphatic carbocycles. The number of amides is 1. The van der Waals surface area contributed by atoms with E-state index in [1.54, 1.807) is 6.07 Å². The van der Waals surface area contributed by atoms with Crippen LogP contribution in [-0.2, 0) is 0 Å². The Bertz CT molecular complexity index is 715. The summed E-state index contributed by atoms with van der Waals surface area (Å²) in [5, 5.41) is 3.85. The van der Waals surface area contributed by atoms with Gasteiger partial charge in [-0.1, -0.05) is 12.1 Å². The van der Waals surface area contributed by atoms with Crippen LogP contribution < -0.4 is 11.4 Å². The van der Waals surface area contributed by atoms with E-state index < -0.39 is 17.4 Å². The average Bonchev–Trinajstić information content (AvgIpc) is 3.14. The van der Waals surface area contributed by atoms with Crippen LogP contribution in [0.1, 0.15) is 29.5 Å². The molecule has 1 heterocycles. The van der Waals surface area contributed by atoms with E-state index in [1.165, 1.54) is 22.8 Å². The Morgan fingerprint density at radius 2 is 2.05 bits per heavy atom. The van der Waals surface area contributed by atoms with Gasteiger partial charge in [-0.15, -0.1) is 5.10 Å². The van der Waals surface area contributed by atoms with Crippen LogP contribution >= 0.6 is 0 Å². The number of nitrogens with two attached hydrogens (primary N) is 1. The lowest BCUT2D eigenvalue weighted by Crippen LogP contribution is -2.26. The third-order valence-electron chi connectivity index (χ3n) is 3.02. The zero-order valence-electron chi connectivity index (χ0n) is 9.91. The minimum absolute atomic E-state index is 0.00870. The second-order valence-corrected chi connectivity index (χ2v) is 4.43. The van der Waals surface area contributed by atoms with Crippen molar-refractivity contribution >= 4 is 5.91 Å². The van der Waals surface area contributed by atoms with Crippen molar-refractivity contribution in [3.05, 3.63) is 46.4 Å². The normalized spacial score (nSPS) is 14.6. The number of hydrogen-bond acceptors (Lipinski definition) is 3. The molecule has 1 aliphatic rings. The Kier molecular flexibility index (Phi) is 2.48. The van der Waals surface area contributed by atoms with E-state index in [1.807, 2.05) is 0 Å².